The number of hydrogen-bond donors (Lipinski definition) is 0. The summed E-state index contributed by atoms with van der Waals surface area (Å²) in [5.41, 5.74) is 11.7. The van der Waals surface area contributed by atoms with Gasteiger partial charge in [0, 0.05) is 35.3 Å². The Morgan fingerprint density at radius 1 is 0.541 bits per heavy atom. The lowest BCUT2D eigenvalue weighted by atomic mass is 9.84. The summed E-state index contributed by atoms with van der Waals surface area (Å²) in [5, 5.41) is 2.32. The number of fused-ring (bicyclic) bond motifs is 4. The van der Waals surface area contributed by atoms with Gasteiger partial charge in [0.1, 0.15) is 17.3 Å². The Labute approximate surface area is 360 Å². The zero-order valence-electron chi connectivity index (χ0n) is 36.9. The van der Waals surface area contributed by atoms with E-state index in [0.717, 1.165) is 63.1 Å². The van der Waals surface area contributed by atoms with Crippen molar-refractivity contribution in [1.29, 1.82) is 0 Å². The number of ether oxygens (including phenoxy) is 1. The molecule has 4 aromatic heterocycles. The van der Waals surface area contributed by atoms with E-state index in [-0.39, 0.29) is 16.2 Å². The van der Waals surface area contributed by atoms with Crippen LogP contribution in [0.1, 0.15) is 79.0 Å². The molecule has 61 heavy (non-hydrogen) atoms. The second-order valence-electron chi connectivity index (χ2n) is 20.0. The van der Waals surface area contributed by atoms with E-state index in [1.165, 1.54) is 27.6 Å². The molecule has 9 aromatic rings. The minimum Gasteiger partial charge on any atom is -0.458 e. The molecule has 0 fully saturated rings. The monoisotopic (exact) mass is 801 g/mol. The molecule has 0 aliphatic heterocycles. The lowest BCUT2D eigenvalue weighted by molar-refractivity contribution is -0.572. The number of imidazole rings is 1. The second kappa shape index (κ2) is 15.2. The van der Waals surface area contributed by atoms with Gasteiger partial charge in [-0.25, -0.2) is 4.98 Å². The molecule has 6 nitrogen and oxygen atoms in total. The van der Waals surface area contributed by atoms with Gasteiger partial charge in [0.05, 0.1) is 27.8 Å². The summed E-state index contributed by atoms with van der Waals surface area (Å²) in [7, 11) is 0. The lowest BCUT2D eigenvalue weighted by Crippen LogP contribution is -2.30. The Bertz CT molecular complexity index is 3030. The molecule has 0 atom stereocenters. The summed E-state index contributed by atoms with van der Waals surface area (Å²) < 4.78 is 13.2. The number of benzene rings is 5. The van der Waals surface area contributed by atoms with Crippen LogP contribution < -0.4 is 9.30 Å². The summed E-state index contributed by atoms with van der Waals surface area (Å²) in [5.74, 6) is 3.01. The molecule has 0 bridgehead atoms. The molecule has 9 rings (SSSR count). The number of rotatable bonds is 8. The molecule has 0 aliphatic rings. The largest absolute Gasteiger partial charge is 0.458 e. The van der Waals surface area contributed by atoms with Crippen molar-refractivity contribution in [3.63, 3.8) is 0 Å². The number of aromatic nitrogens is 5. The SMILES string of the molecule is CC(C)(C)Cc1cc(CC(C)(C)C)cc(-[n+]2[c-]n(-c3cc(Oc4ccc5c6ccccc6n(-c6cc(C(C)(C)C)ccn6)c5c4)ccn3)c3ccc(-c4ccccc4)cc32)c1. The highest BCUT2D eigenvalue weighted by molar-refractivity contribution is 6.09. The highest BCUT2D eigenvalue weighted by Gasteiger charge is 2.21. The second-order valence-corrected chi connectivity index (χ2v) is 20.0. The third kappa shape index (κ3) is 8.32. The van der Waals surface area contributed by atoms with Crippen LogP contribution in [0.15, 0.2) is 146 Å². The molecule has 4 heterocycles. The normalized spacial score (nSPS) is 12.5. The third-order valence-corrected chi connectivity index (χ3v) is 11.2. The maximum absolute atomic E-state index is 6.71. The van der Waals surface area contributed by atoms with Crippen LogP contribution in [0.25, 0.3) is 61.3 Å². The van der Waals surface area contributed by atoms with Crippen LogP contribution in [0, 0.1) is 17.2 Å². The predicted molar refractivity (Wildman–Crippen MR) is 251 cm³/mol. The molecule has 5 aromatic carbocycles. The molecule has 0 spiro atoms. The summed E-state index contributed by atoms with van der Waals surface area (Å²) in [6, 6.07) is 47.4. The minimum absolute atomic E-state index is 0.0127. The summed E-state index contributed by atoms with van der Waals surface area (Å²) in [6.07, 6.45) is 9.43. The standard InChI is InChI=1S/C55H55N5O/c1-53(2,3)34-37-27-38(35-54(4,5)6)29-42(28-37)58-36-59(48-22-19-40(30-50(48)58)39-15-11-10-12-16-39)51-33-44(24-26-56-51)61-43-20-21-46-45-17-13-14-18-47(45)60(49(46)32-43)52-31-41(23-25-57-52)55(7,8)9/h10-33H,34-35H2,1-9H3. The molecule has 0 unspecified atom stereocenters. The molecule has 6 heteroatoms. The minimum atomic E-state index is -0.0127. The van der Waals surface area contributed by atoms with Gasteiger partial charge in [0.15, 0.2) is 5.82 Å². The van der Waals surface area contributed by atoms with Crippen LogP contribution in [0.4, 0.5) is 0 Å². The fourth-order valence-corrected chi connectivity index (χ4v) is 8.57. The van der Waals surface area contributed by atoms with E-state index < -0.39 is 0 Å². The number of hydrogen-bond acceptors (Lipinski definition) is 3. The van der Waals surface area contributed by atoms with E-state index in [4.69, 9.17) is 14.7 Å². The van der Waals surface area contributed by atoms with Gasteiger partial charge in [0.25, 0.3) is 6.33 Å². The van der Waals surface area contributed by atoms with Gasteiger partial charge >= 0.3 is 0 Å². The first-order valence-corrected chi connectivity index (χ1v) is 21.4. The maximum Gasteiger partial charge on any atom is 0.271 e. The predicted octanol–water partition coefficient (Wildman–Crippen LogP) is 13.5. The highest BCUT2D eigenvalue weighted by atomic mass is 16.5. The first kappa shape index (κ1) is 39.9. The first-order valence-electron chi connectivity index (χ1n) is 21.4. The van der Waals surface area contributed by atoms with E-state index in [1.54, 1.807) is 0 Å². The Balaban J connectivity index is 1.15. The first-order chi connectivity index (χ1) is 29.1. The molecular weight excluding hydrogens is 747 g/mol. The van der Waals surface area contributed by atoms with E-state index in [1.807, 2.05) is 30.6 Å². The Morgan fingerprint density at radius 3 is 1.92 bits per heavy atom. The van der Waals surface area contributed by atoms with Gasteiger partial charge in [-0.1, -0.05) is 140 Å². The molecule has 0 amide bonds. The number of nitrogens with zero attached hydrogens (tertiary/aromatic N) is 5. The van der Waals surface area contributed by atoms with Crippen molar-refractivity contribution in [2.45, 2.75) is 80.6 Å². The maximum atomic E-state index is 6.71. The van der Waals surface area contributed by atoms with Crippen molar-refractivity contribution in [1.82, 2.24) is 19.1 Å². The quantitative estimate of drug-likeness (QED) is 0.114. The Morgan fingerprint density at radius 2 is 1.20 bits per heavy atom. The average molecular weight is 802 g/mol. The molecule has 0 aliphatic carbocycles. The van der Waals surface area contributed by atoms with Gasteiger partial charge in [-0.05, 0) is 100 Å². The van der Waals surface area contributed by atoms with Crippen LogP contribution in [-0.4, -0.2) is 19.1 Å². The Hall–Kier alpha value is -6.53. The van der Waals surface area contributed by atoms with Gasteiger partial charge in [-0.15, -0.1) is 0 Å². The van der Waals surface area contributed by atoms with Crippen LogP contribution in [-0.2, 0) is 18.3 Å². The molecule has 0 saturated carbocycles. The van der Waals surface area contributed by atoms with Gasteiger partial charge in [-0.3, -0.25) is 18.7 Å². The zero-order chi connectivity index (χ0) is 42.7. The summed E-state index contributed by atoms with van der Waals surface area (Å²) in [6.45, 7) is 20.5. The van der Waals surface area contributed by atoms with Crippen LogP contribution in [0.5, 0.6) is 11.5 Å². The van der Waals surface area contributed by atoms with E-state index in [0.29, 0.717) is 11.6 Å². The van der Waals surface area contributed by atoms with Crippen LogP contribution >= 0.6 is 0 Å². The van der Waals surface area contributed by atoms with E-state index in [9.17, 15) is 0 Å². The third-order valence-electron chi connectivity index (χ3n) is 11.2. The van der Waals surface area contributed by atoms with Crippen molar-refractivity contribution < 1.29 is 9.30 Å². The topological polar surface area (TPSA) is 48.8 Å². The summed E-state index contributed by atoms with van der Waals surface area (Å²) >= 11 is 0. The molecule has 306 valence electrons. The van der Waals surface area contributed by atoms with Crippen molar-refractivity contribution in [3.05, 3.63) is 169 Å². The van der Waals surface area contributed by atoms with Gasteiger partial charge < -0.3 is 4.74 Å². The van der Waals surface area contributed by atoms with E-state index >= 15 is 0 Å². The van der Waals surface area contributed by atoms with Crippen LogP contribution in [0.3, 0.4) is 0 Å². The lowest BCUT2D eigenvalue weighted by Gasteiger charge is -2.22. The number of para-hydroxylation sites is 1. The number of pyridine rings is 2. The van der Waals surface area contributed by atoms with Crippen molar-refractivity contribution in [2.24, 2.45) is 10.8 Å². The Kier molecular flexibility index (Phi) is 9.93. The van der Waals surface area contributed by atoms with Crippen molar-refractivity contribution in [3.8, 4) is 39.9 Å². The van der Waals surface area contributed by atoms with Crippen LogP contribution in [0.2, 0.25) is 0 Å². The van der Waals surface area contributed by atoms with E-state index in [2.05, 4.69) is 198 Å². The van der Waals surface area contributed by atoms with Gasteiger partial charge in [0.2, 0.25) is 0 Å². The fourth-order valence-electron chi connectivity index (χ4n) is 8.57. The van der Waals surface area contributed by atoms with Crippen molar-refractivity contribution in [2.75, 3.05) is 0 Å². The molecule has 0 N–H and O–H groups in total. The summed E-state index contributed by atoms with van der Waals surface area (Å²) in [4.78, 5) is 9.78. The zero-order valence-corrected chi connectivity index (χ0v) is 36.9. The molecule has 0 radical (unpaired) electrons. The highest BCUT2D eigenvalue weighted by Crippen LogP contribution is 2.36. The molecular formula is C55H55N5O. The average Bonchev–Trinajstić information content (AvgIpc) is 3.75. The smallest absolute Gasteiger partial charge is 0.271 e. The molecule has 0 saturated heterocycles. The van der Waals surface area contributed by atoms with Crippen molar-refractivity contribution >= 4 is 32.8 Å². The fraction of sp³-hybridized carbons (Fsp3) is 0.255. The van der Waals surface area contributed by atoms with Gasteiger partial charge in [-0.2, -0.15) is 0 Å².